The molecule has 0 bridgehead atoms. The van der Waals surface area contributed by atoms with Crippen LogP contribution in [0, 0.1) is 11.3 Å². The Morgan fingerprint density at radius 2 is 1.95 bits per heavy atom. The summed E-state index contributed by atoms with van der Waals surface area (Å²) in [4.78, 5) is 11.8. The Labute approximate surface area is 122 Å². The quantitative estimate of drug-likeness (QED) is 0.906. The van der Waals surface area contributed by atoms with Crippen LogP contribution in [0.5, 0.6) is 0 Å². The van der Waals surface area contributed by atoms with E-state index < -0.39 is 0 Å². The SMILES string of the molecule is N#Cc1ccc(Cl)c(NC(=O)NCc2ccccc2)c1. The molecule has 0 aliphatic rings. The monoisotopic (exact) mass is 285 g/mol. The van der Waals surface area contributed by atoms with E-state index in [0.717, 1.165) is 5.56 Å². The average Bonchev–Trinajstić information content (AvgIpc) is 2.48. The molecule has 0 fully saturated rings. The summed E-state index contributed by atoms with van der Waals surface area (Å²) >= 11 is 5.96. The van der Waals surface area contributed by atoms with Gasteiger partial charge in [0.25, 0.3) is 0 Å². The number of hydrogen-bond donors (Lipinski definition) is 2. The van der Waals surface area contributed by atoms with Crippen molar-refractivity contribution in [2.75, 3.05) is 5.32 Å². The van der Waals surface area contributed by atoms with E-state index in [1.165, 1.54) is 6.07 Å². The van der Waals surface area contributed by atoms with Crippen LogP contribution >= 0.6 is 11.6 Å². The first-order valence-corrected chi connectivity index (χ1v) is 6.35. The van der Waals surface area contributed by atoms with Gasteiger partial charge in [0, 0.05) is 6.54 Å². The molecule has 0 heterocycles. The van der Waals surface area contributed by atoms with Gasteiger partial charge in [0.2, 0.25) is 0 Å². The third kappa shape index (κ3) is 3.74. The van der Waals surface area contributed by atoms with Crippen LogP contribution in [0.3, 0.4) is 0 Å². The first kappa shape index (κ1) is 13.9. The highest BCUT2D eigenvalue weighted by atomic mass is 35.5. The predicted octanol–water partition coefficient (Wildman–Crippen LogP) is 3.53. The maximum Gasteiger partial charge on any atom is 0.319 e. The van der Waals surface area contributed by atoms with Crippen molar-refractivity contribution in [2.24, 2.45) is 0 Å². The lowest BCUT2D eigenvalue weighted by Gasteiger charge is -2.09. The zero-order valence-corrected chi connectivity index (χ0v) is 11.3. The fraction of sp³-hybridized carbons (Fsp3) is 0.0667. The number of anilines is 1. The van der Waals surface area contributed by atoms with Crippen molar-refractivity contribution in [3.8, 4) is 6.07 Å². The molecule has 0 aliphatic carbocycles. The second-order valence-corrected chi connectivity index (χ2v) is 4.51. The van der Waals surface area contributed by atoms with Crippen LogP contribution in [0.1, 0.15) is 11.1 Å². The third-order valence-corrected chi connectivity index (χ3v) is 2.97. The molecule has 0 spiro atoms. The van der Waals surface area contributed by atoms with E-state index in [1.807, 2.05) is 36.4 Å². The molecular weight excluding hydrogens is 274 g/mol. The number of benzene rings is 2. The zero-order valence-electron chi connectivity index (χ0n) is 10.6. The van der Waals surface area contributed by atoms with E-state index >= 15 is 0 Å². The van der Waals surface area contributed by atoms with Gasteiger partial charge in [-0.2, -0.15) is 5.26 Å². The van der Waals surface area contributed by atoms with Gasteiger partial charge in [-0.1, -0.05) is 41.9 Å². The molecular formula is C15H12ClN3O. The molecule has 20 heavy (non-hydrogen) atoms. The minimum atomic E-state index is -0.370. The Kier molecular flexibility index (Phi) is 4.59. The molecule has 0 aromatic heterocycles. The summed E-state index contributed by atoms with van der Waals surface area (Å²) in [6, 6.07) is 15.9. The number of nitrogens with zero attached hydrogens (tertiary/aromatic N) is 1. The lowest BCUT2D eigenvalue weighted by molar-refractivity contribution is 0.251. The van der Waals surface area contributed by atoms with Gasteiger partial charge < -0.3 is 10.6 Å². The van der Waals surface area contributed by atoms with Gasteiger partial charge in [-0.05, 0) is 23.8 Å². The van der Waals surface area contributed by atoms with Crippen molar-refractivity contribution in [1.82, 2.24) is 5.32 Å². The highest BCUT2D eigenvalue weighted by molar-refractivity contribution is 6.33. The summed E-state index contributed by atoms with van der Waals surface area (Å²) in [6.07, 6.45) is 0. The lowest BCUT2D eigenvalue weighted by atomic mass is 10.2. The molecule has 4 nitrogen and oxygen atoms in total. The molecule has 0 atom stereocenters. The number of nitriles is 1. The van der Waals surface area contributed by atoms with Crippen molar-refractivity contribution < 1.29 is 4.79 Å². The molecule has 0 radical (unpaired) electrons. The van der Waals surface area contributed by atoms with Gasteiger partial charge in [0.05, 0.1) is 22.3 Å². The molecule has 2 rings (SSSR count). The predicted molar refractivity (Wildman–Crippen MR) is 78.5 cm³/mol. The van der Waals surface area contributed by atoms with E-state index in [9.17, 15) is 4.79 Å². The van der Waals surface area contributed by atoms with Gasteiger partial charge in [-0.15, -0.1) is 0 Å². The smallest absolute Gasteiger partial charge is 0.319 e. The number of nitrogens with one attached hydrogen (secondary N) is 2. The van der Waals surface area contributed by atoms with Gasteiger partial charge >= 0.3 is 6.03 Å². The van der Waals surface area contributed by atoms with Crippen LogP contribution in [0.25, 0.3) is 0 Å². The molecule has 2 aromatic carbocycles. The Morgan fingerprint density at radius 1 is 1.20 bits per heavy atom. The summed E-state index contributed by atoms with van der Waals surface area (Å²) in [5.41, 5.74) is 1.85. The molecule has 2 N–H and O–H groups in total. The summed E-state index contributed by atoms with van der Waals surface area (Å²) < 4.78 is 0. The van der Waals surface area contributed by atoms with Crippen molar-refractivity contribution in [1.29, 1.82) is 5.26 Å². The maximum atomic E-state index is 11.8. The molecule has 0 saturated carbocycles. The van der Waals surface area contributed by atoms with Gasteiger partial charge in [0.15, 0.2) is 0 Å². The van der Waals surface area contributed by atoms with E-state index in [-0.39, 0.29) is 6.03 Å². The summed E-state index contributed by atoms with van der Waals surface area (Å²) in [5, 5.41) is 14.5. The molecule has 5 heteroatoms. The number of rotatable bonds is 3. The summed E-state index contributed by atoms with van der Waals surface area (Å²) in [6.45, 7) is 0.419. The highest BCUT2D eigenvalue weighted by Gasteiger charge is 2.06. The lowest BCUT2D eigenvalue weighted by Crippen LogP contribution is -2.28. The number of carbonyl (C=O) groups is 1. The Balaban J connectivity index is 1.97. The third-order valence-electron chi connectivity index (χ3n) is 2.64. The highest BCUT2D eigenvalue weighted by Crippen LogP contribution is 2.22. The van der Waals surface area contributed by atoms with Crippen molar-refractivity contribution in [3.63, 3.8) is 0 Å². The topological polar surface area (TPSA) is 64.9 Å². The first-order valence-electron chi connectivity index (χ1n) is 5.97. The maximum absolute atomic E-state index is 11.8. The second kappa shape index (κ2) is 6.60. The summed E-state index contributed by atoms with van der Waals surface area (Å²) in [5.74, 6) is 0. The van der Waals surface area contributed by atoms with Crippen LogP contribution < -0.4 is 10.6 Å². The number of amides is 2. The van der Waals surface area contributed by atoms with Crippen molar-refractivity contribution >= 4 is 23.3 Å². The largest absolute Gasteiger partial charge is 0.334 e. The van der Waals surface area contributed by atoms with Crippen molar-refractivity contribution in [3.05, 3.63) is 64.7 Å². The van der Waals surface area contributed by atoms with Gasteiger partial charge in [-0.25, -0.2) is 4.79 Å². The Hall–Kier alpha value is -2.51. The molecule has 2 amide bonds. The normalized spacial score (nSPS) is 9.60. The van der Waals surface area contributed by atoms with E-state index in [4.69, 9.17) is 16.9 Å². The van der Waals surface area contributed by atoms with Crippen molar-refractivity contribution in [2.45, 2.75) is 6.54 Å². The molecule has 0 saturated heterocycles. The number of halogens is 1. The fourth-order valence-electron chi connectivity index (χ4n) is 1.64. The molecule has 100 valence electrons. The number of urea groups is 1. The van der Waals surface area contributed by atoms with Gasteiger partial charge in [-0.3, -0.25) is 0 Å². The van der Waals surface area contributed by atoms with Crippen LogP contribution in [-0.2, 0) is 6.54 Å². The summed E-state index contributed by atoms with van der Waals surface area (Å²) in [7, 11) is 0. The molecule has 0 aliphatic heterocycles. The van der Waals surface area contributed by atoms with Crippen LogP contribution in [0.4, 0.5) is 10.5 Å². The van der Waals surface area contributed by atoms with Gasteiger partial charge in [0.1, 0.15) is 0 Å². The molecule has 2 aromatic rings. The Bertz CT molecular complexity index is 650. The Morgan fingerprint density at radius 3 is 2.65 bits per heavy atom. The fourth-order valence-corrected chi connectivity index (χ4v) is 1.80. The first-order chi connectivity index (χ1) is 9.69. The van der Waals surface area contributed by atoms with Crippen LogP contribution in [-0.4, -0.2) is 6.03 Å². The van der Waals surface area contributed by atoms with E-state index in [1.54, 1.807) is 12.1 Å². The van der Waals surface area contributed by atoms with Crippen LogP contribution in [0.15, 0.2) is 48.5 Å². The van der Waals surface area contributed by atoms with E-state index in [0.29, 0.717) is 22.8 Å². The molecule has 0 unspecified atom stereocenters. The zero-order chi connectivity index (χ0) is 14.4. The minimum Gasteiger partial charge on any atom is -0.334 e. The number of carbonyl (C=O) groups excluding carboxylic acids is 1. The average molecular weight is 286 g/mol. The minimum absolute atomic E-state index is 0.370. The standard InChI is InChI=1S/C15H12ClN3O/c16-13-7-6-12(9-17)8-14(13)19-15(20)18-10-11-4-2-1-3-5-11/h1-8H,10H2,(H2,18,19,20). The number of hydrogen-bond acceptors (Lipinski definition) is 2. The van der Waals surface area contributed by atoms with Crippen LogP contribution in [0.2, 0.25) is 5.02 Å². The second-order valence-electron chi connectivity index (χ2n) is 4.10. The van der Waals surface area contributed by atoms with E-state index in [2.05, 4.69) is 10.6 Å².